The van der Waals surface area contributed by atoms with E-state index in [0.717, 1.165) is 0 Å². The Morgan fingerprint density at radius 2 is 1.00 bits per heavy atom. The number of rotatable bonds is 5. The predicted octanol–water partition coefficient (Wildman–Crippen LogP) is 1.80. The first kappa shape index (κ1) is 11.9. The van der Waals surface area contributed by atoms with Crippen molar-refractivity contribution >= 4 is 0 Å². The Morgan fingerprint density at radius 1 is 0.750 bits per heavy atom. The van der Waals surface area contributed by atoms with E-state index in [4.69, 9.17) is 0 Å². The molecule has 0 radical (unpaired) electrons. The summed E-state index contributed by atoms with van der Waals surface area (Å²) in [5.41, 5.74) is 0. The van der Waals surface area contributed by atoms with E-state index in [2.05, 4.69) is 0 Å². The van der Waals surface area contributed by atoms with Gasteiger partial charge in [0.15, 0.2) is 0 Å². The zero-order chi connectivity index (χ0) is 9.72. The topological polar surface area (TPSA) is 40.5 Å². The fraction of sp³-hybridized carbons (Fsp3) is 1.00. The van der Waals surface area contributed by atoms with Gasteiger partial charge in [-0.3, -0.25) is 0 Å². The molecule has 0 aromatic rings. The van der Waals surface area contributed by atoms with Gasteiger partial charge in [0.25, 0.3) is 0 Å². The third-order valence-electron chi connectivity index (χ3n) is 1.87. The molecule has 0 aliphatic rings. The van der Waals surface area contributed by atoms with Crippen LogP contribution in [0, 0.1) is 11.8 Å². The minimum Gasteiger partial charge on any atom is -0.390 e. The highest BCUT2D eigenvalue weighted by molar-refractivity contribution is 4.69. The molecule has 0 saturated carbocycles. The molecule has 2 N–H and O–H groups in total. The third kappa shape index (κ3) is 5.56. The highest BCUT2D eigenvalue weighted by atomic mass is 16.3. The fourth-order valence-corrected chi connectivity index (χ4v) is 1.28. The lowest BCUT2D eigenvalue weighted by atomic mass is 9.96. The van der Waals surface area contributed by atoms with E-state index >= 15 is 0 Å². The van der Waals surface area contributed by atoms with Crippen LogP contribution in [-0.2, 0) is 0 Å². The maximum Gasteiger partial charge on any atom is 0.0801 e. The Morgan fingerprint density at radius 3 is 1.17 bits per heavy atom. The first-order valence-corrected chi connectivity index (χ1v) is 4.79. The Hall–Kier alpha value is -0.0800. The van der Waals surface area contributed by atoms with Crippen molar-refractivity contribution in [2.75, 3.05) is 0 Å². The van der Waals surface area contributed by atoms with Crippen LogP contribution in [0.5, 0.6) is 0 Å². The molecule has 2 atom stereocenters. The van der Waals surface area contributed by atoms with Gasteiger partial charge in [-0.1, -0.05) is 27.7 Å². The maximum atomic E-state index is 9.49. The molecular weight excluding hydrogens is 152 g/mol. The van der Waals surface area contributed by atoms with E-state index in [0.29, 0.717) is 24.7 Å². The van der Waals surface area contributed by atoms with Crippen LogP contribution >= 0.6 is 0 Å². The van der Waals surface area contributed by atoms with Gasteiger partial charge in [0.1, 0.15) is 0 Å². The molecule has 0 heterocycles. The molecule has 0 aromatic carbocycles. The summed E-state index contributed by atoms with van der Waals surface area (Å²) in [6, 6.07) is 0. The molecule has 0 aromatic heterocycles. The van der Waals surface area contributed by atoms with Crippen LogP contribution in [0.3, 0.4) is 0 Å². The van der Waals surface area contributed by atoms with Gasteiger partial charge in [-0.2, -0.15) is 0 Å². The third-order valence-corrected chi connectivity index (χ3v) is 1.87. The molecule has 0 unspecified atom stereocenters. The van der Waals surface area contributed by atoms with E-state index < -0.39 is 12.2 Å². The van der Waals surface area contributed by atoms with Crippen molar-refractivity contribution in [3.8, 4) is 0 Å². The zero-order valence-electron chi connectivity index (χ0n) is 8.62. The second kappa shape index (κ2) is 5.55. The SMILES string of the molecule is CC(C)C[C@@H](O)[C@H](O)CC(C)C. The summed E-state index contributed by atoms with van der Waals surface area (Å²) in [5, 5.41) is 19.0. The molecule has 0 fully saturated rings. The normalized spacial score (nSPS) is 17.0. The largest absolute Gasteiger partial charge is 0.390 e. The van der Waals surface area contributed by atoms with Crippen LogP contribution < -0.4 is 0 Å². The van der Waals surface area contributed by atoms with E-state index in [1.165, 1.54) is 0 Å². The second-order valence-electron chi connectivity index (χ2n) is 4.39. The Bertz CT molecular complexity index is 96.4. The zero-order valence-corrected chi connectivity index (χ0v) is 8.62. The van der Waals surface area contributed by atoms with Crippen molar-refractivity contribution < 1.29 is 10.2 Å². The Balaban J connectivity index is 3.68. The number of aliphatic hydroxyl groups excluding tert-OH is 2. The molecule has 0 rings (SSSR count). The minimum absolute atomic E-state index is 0.446. The van der Waals surface area contributed by atoms with Gasteiger partial charge in [-0.25, -0.2) is 0 Å². The molecule has 2 heteroatoms. The number of hydrogen-bond acceptors (Lipinski definition) is 2. The van der Waals surface area contributed by atoms with Crippen LogP contribution in [0.1, 0.15) is 40.5 Å². The van der Waals surface area contributed by atoms with E-state index in [-0.39, 0.29) is 0 Å². The van der Waals surface area contributed by atoms with Crippen LogP contribution in [0.25, 0.3) is 0 Å². The summed E-state index contributed by atoms with van der Waals surface area (Å²) in [5.74, 6) is 0.892. The first-order chi connectivity index (χ1) is 5.43. The van der Waals surface area contributed by atoms with Gasteiger partial charge in [0.05, 0.1) is 12.2 Å². The van der Waals surface area contributed by atoms with Crippen molar-refractivity contribution in [1.82, 2.24) is 0 Å². The van der Waals surface area contributed by atoms with Gasteiger partial charge >= 0.3 is 0 Å². The van der Waals surface area contributed by atoms with Gasteiger partial charge in [0.2, 0.25) is 0 Å². The summed E-state index contributed by atoms with van der Waals surface area (Å²) in [6.45, 7) is 8.19. The van der Waals surface area contributed by atoms with Crippen molar-refractivity contribution in [2.45, 2.75) is 52.7 Å². The smallest absolute Gasteiger partial charge is 0.0801 e. The van der Waals surface area contributed by atoms with Crippen molar-refractivity contribution in [1.29, 1.82) is 0 Å². The van der Waals surface area contributed by atoms with Crippen molar-refractivity contribution in [2.24, 2.45) is 11.8 Å². The lowest BCUT2D eigenvalue weighted by Crippen LogP contribution is -2.28. The summed E-state index contributed by atoms with van der Waals surface area (Å²) >= 11 is 0. The van der Waals surface area contributed by atoms with Crippen LogP contribution in [0.2, 0.25) is 0 Å². The maximum absolute atomic E-state index is 9.49. The molecule has 0 bridgehead atoms. The fourth-order valence-electron chi connectivity index (χ4n) is 1.28. The van der Waals surface area contributed by atoms with E-state index in [9.17, 15) is 10.2 Å². The molecule has 0 aliphatic heterocycles. The van der Waals surface area contributed by atoms with E-state index in [1.807, 2.05) is 27.7 Å². The molecule has 0 amide bonds. The molecule has 0 aliphatic carbocycles. The Labute approximate surface area is 75.6 Å². The number of hydrogen-bond donors (Lipinski definition) is 2. The summed E-state index contributed by atoms with van der Waals surface area (Å²) in [4.78, 5) is 0. The minimum atomic E-state index is -0.549. The highest BCUT2D eigenvalue weighted by Crippen LogP contribution is 2.13. The van der Waals surface area contributed by atoms with Gasteiger partial charge < -0.3 is 10.2 Å². The molecule has 74 valence electrons. The monoisotopic (exact) mass is 174 g/mol. The summed E-state index contributed by atoms with van der Waals surface area (Å²) in [7, 11) is 0. The van der Waals surface area contributed by atoms with Gasteiger partial charge in [-0.05, 0) is 24.7 Å². The lowest BCUT2D eigenvalue weighted by molar-refractivity contribution is -0.00333. The van der Waals surface area contributed by atoms with E-state index in [1.54, 1.807) is 0 Å². The van der Waals surface area contributed by atoms with Crippen molar-refractivity contribution in [3.05, 3.63) is 0 Å². The standard InChI is InChI=1S/C10H22O2/c1-7(2)5-9(11)10(12)6-8(3)4/h7-12H,5-6H2,1-4H3/t9-,10-/m1/s1. The average Bonchev–Trinajstić information content (AvgIpc) is 1.84. The average molecular weight is 174 g/mol. The predicted molar refractivity (Wildman–Crippen MR) is 50.9 cm³/mol. The van der Waals surface area contributed by atoms with Crippen LogP contribution in [-0.4, -0.2) is 22.4 Å². The summed E-state index contributed by atoms with van der Waals surface area (Å²) < 4.78 is 0. The summed E-state index contributed by atoms with van der Waals surface area (Å²) in [6.07, 6.45) is 0.279. The molecule has 0 spiro atoms. The Kier molecular flexibility index (Phi) is 5.51. The molecule has 0 saturated heterocycles. The molecular formula is C10H22O2. The van der Waals surface area contributed by atoms with Crippen molar-refractivity contribution in [3.63, 3.8) is 0 Å². The lowest BCUT2D eigenvalue weighted by Gasteiger charge is -2.20. The number of aliphatic hydroxyl groups is 2. The quantitative estimate of drug-likeness (QED) is 0.667. The highest BCUT2D eigenvalue weighted by Gasteiger charge is 2.18. The second-order valence-corrected chi connectivity index (χ2v) is 4.39. The molecule has 12 heavy (non-hydrogen) atoms. The molecule has 2 nitrogen and oxygen atoms in total. The first-order valence-electron chi connectivity index (χ1n) is 4.79. The van der Waals surface area contributed by atoms with Gasteiger partial charge in [0, 0.05) is 0 Å². The van der Waals surface area contributed by atoms with Crippen LogP contribution in [0.15, 0.2) is 0 Å². The van der Waals surface area contributed by atoms with Crippen LogP contribution in [0.4, 0.5) is 0 Å². The van der Waals surface area contributed by atoms with Gasteiger partial charge in [-0.15, -0.1) is 0 Å².